The summed E-state index contributed by atoms with van der Waals surface area (Å²) in [4.78, 5) is 17.5. The molecule has 0 spiro atoms. The van der Waals surface area contributed by atoms with Crippen molar-refractivity contribution in [2.75, 3.05) is 18.9 Å². The van der Waals surface area contributed by atoms with E-state index in [1.807, 2.05) is 42.5 Å². The van der Waals surface area contributed by atoms with Crippen LogP contribution in [-0.2, 0) is 4.79 Å². The summed E-state index contributed by atoms with van der Waals surface area (Å²) in [5.74, 6) is 5.94. The maximum atomic E-state index is 13.2. The molecule has 6 N–H and O–H groups in total. The van der Waals surface area contributed by atoms with Crippen LogP contribution in [0.2, 0.25) is 0 Å². The third-order valence-electron chi connectivity index (χ3n) is 5.32. The quantitative estimate of drug-likeness (QED) is 0.288. The Bertz CT molecular complexity index is 1150. The summed E-state index contributed by atoms with van der Waals surface area (Å²) in [5.41, 5.74) is 9.71. The van der Waals surface area contributed by atoms with Crippen LogP contribution in [-0.4, -0.2) is 29.5 Å². The Morgan fingerprint density at radius 3 is 2.41 bits per heavy atom. The molecule has 1 aromatic heterocycles. The van der Waals surface area contributed by atoms with E-state index in [-0.39, 0.29) is 11.8 Å². The molecule has 0 radical (unpaired) electrons. The molecule has 3 rings (SSSR count). The molecule has 8 heteroatoms. The third-order valence-corrected chi connectivity index (χ3v) is 5.32. The summed E-state index contributed by atoms with van der Waals surface area (Å²) in [6.45, 7) is 2.64. The van der Waals surface area contributed by atoms with E-state index in [4.69, 9.17) is 16.8 Å². The third kappa shape index (κ3) is 6.65. The fourth-order valence-electron chi connectivity index (χ4n) is 3.44. The monoisotopic (exact) mass is 455 g/mol. The Balaban J connectivity index is 1.71. The summed E-state index contributed by atoms with van der Waals surface area (Å²) in [6, 6.07) is 22.1. The van der Waals surface area contributed by atoms with Gasteiger partial charge in [-0.15, -0.1) is 0 Å². The van der Waals surface area contributed by atoms with E-state index >= 15 is 0 Å². The minimum absolute atomic E-state index is 0.139. The normalized spacial score (nSPS) is 12.9. The van der Waals surface area contributed by atoms with Crippen molar-refractivity contribution in [2.45, 2.75) is 18.9 Å². The second-order valence-electron chi connectivity index (χ2n) is 8.06. The number of benzene rings is 2. The maximum Gasteiger partial charge on any atom is 0.247 e. The number of nitrogens with one attached hydrogen (secondary N) is 2. The average molecular weight is 456 g/mol. The molecule has 0 bridgehead atoms. The van der Waals surface area contributed by atoms with E-state index in [2.05, 4.69) is 28.6 Å². The van der Waals surface area contributed by atoms with Crippen LogP contribution in [0.15, 0.2) is 79.1 Å². The molecule has 0 aliphatic carbocycles. The van der Waals surface area contributed by atoms with Gasteiger partial charge in [0.25, 0.3) is 0 Å². The van der Waals surface area contributed by atoms with Crippen LogP contribution in [0.3, 0.4) is 0 Å². The van der Waals surface area contributed by atoms with Crippen LogP contribution < -0.4 is 22.2 Å². The SMILES string of the molecule is CC(CNC(C(=O)Nc1ccc(/C(N)=C/N(C)N)cn1)c1ccccc1)c1ccc(C#N)cc1. The number of pyridine rings is 1. The van der Waals surface area contributed by atoms with Gasteiger partial charge in [0.1, 0.15) is 11.9 Å². The maximum absolute atomic E-state index is 13.2. The zero-order valence-corrected chi connectivity index (χ0v) is 19.3. The van der Waals surface area contributed by atoms with Gasteiger partial charge in [0.2, 0.25) is 5.91 Å². The molecule has 1 amide bonds. The van der Waals surface area contributed by atoms with Gasteiger partial charge in [0.15, 0.2) is 0 Å². The van der Waals surface area contributed by atoms with Crippen molar-refractivity contribution in [3.8, 4) is 6.07 Å². The highest BCUT2D eigenvalue weighted by atomic mass is 16.2. The van der Waals surface area contributed by atoms with Crippen molar-refractivity contribution >= 4 is 17.4 Å². The van der Waals surface area contributed by atoms with Crippen LogP contribution >= 0.6 is 0 Å². The second-order valence-corrected chi connectivity index (χ2v) is 8.06. The molecule has 2 unspecified atom stereocenters. The van der Waals surface area contributed by atoms with Gasteiger partial charge in [-0.25, -0.2) is 10.8 Å². The first-order valence-electron chi connectivity index (χ1n) is 10.9. The number of nitriles is 1. The first-order chi connectivity index (χ1) is 16.4. The number of carbonyl (C=O) groups excluding carboxylic acids is 1. The molecule has 0 aliphatic rings. The number of amides is 1. The second kappa shape index (κ2) is 11.6. The lowest BCUT2D eigenvalue weighted by molar-refractivity contribution is -0.118. The van der Waals surface area contributed by atoms with Crippen molar-refractivity contribution in [3.63, 3.8) is 0 Å². The lowest BCUT2D eigenvalue weighted by Crippen LogP contribution is -2.35. The fraction of sp³-hybridized carbons (Fsp3) is 0.192. The zero-order chi connectivity index (χ0) is 24.5. The van der Waals surface area contributed by atoms with Crippen molar-refractivity contribution in [2.24, 2.45) is 11.6 Å². The molecule has 34 heavy (non-hydrogen) atoms. The number of carbonyl (C=O) groups is 1. The number of rotatable bonds is 9. The minimum atomic E-state index is -0.570. The van der Waals surface area contributed by atoms with E-state index in [1.165, 1.54) is 5.01 Å². The summed E-state index contributed by atoms with van der Waals surface area (Å²) in [6.07, 6.45) is 3.17. The average Bonchev–Trinajstić information content (AvgIpc) is 2.84. The minimum Gasteiger partial charge on any atom is -0.397 e. The van der Waals surface area contributed by atoms with Crippen LogP contribution in [0.1, 0.15) is 41.1 Å². The highest BCUT2D eigenvalue weighted by molar-refractivity contribution is 5.94. The van der Waals surface area contributed by atoms with Crippen molar-refractivity contribution in [3.05, 3.63) is 101 Å². The fourth-order valence-corrected chi connectivity index (χ4v) is 3.44. The number of anilines is 1. The molecule has 8 nitrogen and oxygen atoms in total. The molecule has 1 heterocycles. The summed E-state index contributed by atoms with van der Waals surface area (Å²) in [5, 5.41) is 16.6. The van der Waals surface area contributed by atoms with Gasteiger partial charge >= 0.3 is 0 Å². The molecule has 2 aromatic carbocycles. The van der Waals surface area contributed by atoms with E-state index in [0.717, 1.165) is 11.1 Å². The Labute approximate surface area is 199 Å². The Hall–Kier alpha value is -4.19. The van der Waals surface area contributed by atoms with E-state index in [9.17, 15) is 4.79 Å². The number of aromatic nitrogens is 1. The highest BCUT2D eigenvalue weighted by Crippen LogP contribution is 2.20. The molecule has 0 fully saturated rings. The summed E-state index contributed by atoms with van der Waals surface area (Å²) < 4.78 is 0. The lowest BCUT2D eigenvalue weighted by atomic mass is 9.98. The molecule has 3 aromatic rings. The molecule has 174 valence electrons. The number of hydrogen-bond donors (Lipinski definition) is 4. The van der Waals surface area contributed by atoms with Crippen molar-refractivity contribution < 1.29 is 4.79 Å². The van der Waals surface area contributed by atoms with Crippen LogP contribution in [0.5, 0.6) is 0 Å². The smallest absolute Gasteiger partial charge is 0.247 e. The topological polar surface area (TPSA) is 133 Å². The Kier molecular flexibility index (Phi) is 8.35. The largest absolute Gasteiger partial charge is 0.397 e. The number of nitrogens with two attached hydrogens (primary N) is 2. The van der Waals surface area contributed by atoms with Crippen LogP contribution in [0.4, 0.5) is 5.82 Å². The predicted molar refractivity (Wildman–Crippen MR) is 134 cm³/mol. The van der Waals surface area contributed by atoms with Gasteiger partial charge in [-0.3, -0.25) is 4.79 Å². The lowest BCUT2D eigenvalue weighted by Gasteiger charge is -2.21. The van der Waals surface area contributed by atoms with E-state index in [1.54, 1.807) is 43.7 Å². The van der Waals surface area contributed by atoms with Gasteiger partial charge in [-0.05, 0) is 41.3 Å². The van der Waals surface area contributed by atoms with Gasteiger partial charge in [0, 0.05) is 31.6 Å². The molecule has 0 aliphatic heterocycles. The van der Waals surface area contributed by atoms with Crippen molar-refractivity contribution in [1.82, 2.24) is 15.3 Å². The van der Waals surface area contributed by atoms with Gasteiger partial charge in [0.05, 0.1) is 17.3 Å². The summed E-state index contributed by atoms with van der Waals surface area (Å²) in [7, 11) is 1.67. The zero-order valence-electron chi connectivity index (χ0n) is 19.3. The molecular formula is C26H29N7O. The highest BCUT2D eigenvalue weighted by Gasteiger charge is 2.21. The number of hydrogen-bond acceptors (Lipinski definition) is 7. The van der Waals surface area contributed by atoms with Gasteiger partial charge in [-0.2, -0.15) is 5.26 Å². The van der Waals surface area contributed by atoms with Crippen LogP contribution in [0.25, 0.3) is 5.70 Å². The standard InChI is InChI=1S/C26H29N7O/c1-18(20-10-8-19(14-27)9-11-20)15-31-25(21-6-4-3-5-7-21)26(34)32-24-13-12-22(16-30-24)23(28)17-33(2)29/h3-13,16-18,25,31H,15,28-29H2,1-2H3,(H,30,32,34)/b23-17-. The van der Waals surface area contributed by atoms with Crippen molar-refractivity contribution in [1.29, 1.82) is 5.26 Å². The van der Waals surface area contributed by atoms with E-state index in [0.29, 0.717) is 29.2 Å². The Morgan fingerprint density at radius 2 is 1.82 bits per heavy atom. The summed E-state index contributed by atoms with van der Waals surface area (Å²) >= 11 is 0. The molecule has 0 saturated heterocycles. The molecule has 0 saturated carbocycles. The van der Waals surface area contributed by atoms with Crippen LogP contribution in [0, 0.1) is 11.3 Å². The molecule has 2 atom stereocenters. The number of hydrazine groups is 1. The Morgan fingerprint density at radius 1 is 1.12 bits per heavy atom. The van der Waals surface area contributed by atoms with E-state index < -0.39 is 6.04 Å². The first kappa shape index (κ1) is 24.5. The predicted octanol–water partition coefficient (Wildman–Crippen LogP) is 3.09. The number of nitrogens with zero attached hydrogens (tertiary/aromatic N) is 3. The first-order valence-corrected chi connectivity index (χ1v) is 10.9. The molecular weight excluding hydrogens is 426 g/mol. The van der Waals surface area contributed by atoms with Gasteiger partial charge in [-0.1, -0.05) is 49.4 Å². The van der Waals surface area contributed by atoms with Gasteiger partial charge < -0.3 is 21.4 Å².